The van der Waals surface area contributed by atoms with E-state index in [4.69, 9.17) is 4.52 Å². The molecule has 0 unspecified atom stereocenters. The average Bonchev–Trinajstić information content (AvgIpc) is 3.15. The Bertz CT molecular complexity index is 688. The van der Waals surface area contributed by atoms with Gasteiger partial charge in [-0.1, -0.05) is 25.9 Å². The quantitative estimate of drug-likeness (QED) is 0.854. The molecule has 0 saturated carbocycles. The van der Waals surface area contributed by atoms with Crippen molar-refractivity contribution in [3.05, 3.63) is 35.5 Å². The van der Waals surface area contributed by atoms with Gasteiger partial charge in [0.2, 0.25) is 0 Å². The second kappa shape index (κ2) is 5.83. The molecule has 6 heteroatoms. The van der Waals surface area contributed by atoms with Crippen molar-refractivity contribution in [3.63, 3.8) is 0 Å². The maximum atomic E-state index is 12.8. The van der Waals surface area contributed by atoms with E-state index in [0.717, 1.165) is 31.6 Å². The van der Waals surface area contributed by atoms with Crippen molar-refractivity contribution in [3.8, 4) is 0 Å². The molecule has 0 aliphatic carbocycles. The molecule has 3 heterocycles. The van der Waals surface area contributed by atoms with Gasteiger partial charge in [-0.25, -0.2) is 0 Å². The number of aryl methyl sites for hydroxylation is 1. The fourth-order valence-electron chi connectivity index (χ4n) is 3.07. The van der Waals surface area contributed by atoms with Crippen molar-refractivity contribution in [1.82, 2.24) is 19.8 Å². The van der Waals surface area contributed by atoms with Crippen LogP contribution < -0.4 is 0 Å². The van der Waals surface area contributed by atoms with Gasteiger partial charge in [-0.05, 0) is 25.3 Å². The van der Waals surface area contributed by atoms with Gasteiger partial charge in [0.15, 0.2) is 0 Å². The monoisotopic (exact) mass is 316 g/mol. The van der Waals surface area contributed by atoms with Crippen LogP contribution in [0.2, 0.25) is 0 Å². The number of nitrogens with zero attached hydrogens (tertiary/aromatic N) is 4. The number of hydrogen-bond acceptors (Lipinski definition) is 4. The highest BCUT2D eigenvalue weighted by Crippen LogP contribution is 2.28. The summed E-state index contributed by atoms with van der Waals surface area (Å²) in [4.78, 5) is 14.7. The minimum atomic E-state index is -0.205. The zero-order chi connectivity index (χ0) is 16.6. The molecule has 2 aromatic heterocycles. The van der Waals surface area contributed by atoms with Gasteiger partial charge in [0.25, 0.3) is 5.91 Å². The van der Waals surface area contributed by atoms with Crippen LogP contribution in [-0.2, 0) is 5.41 Å². The molecule has 1 fully saturated rings. The molecule has 0 bridgehead atoms. The molecule has 23 heavy (non-hydrogen) atoms. The van der Waals surface area contributed by atoms with Crippen LogP contribution in [0.5, 0.6) is 0 Å². The minimum Gasteiger partial charge on any atom is -0.364 e. The highest BCUT2D eigenvalue weighted by molar-refractivity contribution is 5.95. The lowest BCUT2D eigenvalue weighted by molar-refractivity contribution is 0.0687. The Kier molecular flexibility index (Phi) is 4.00. The summed E-state index contributed by atoms with van der Waals surface area (Å²) in [5.74, 6) is 0.0197. The lowest BCUT2D eigenvalue weighted by Gasteiger charge is -2.32. The standard InChI is InChI=1S/C17H24N4O2/c1-12-9-18-21(10-12)13-5-7-20(8-6-13)16(22)14-11-23-19-15(14)17(2,3)4/h9-11,13H,5-8H2,1-4H3. The van der Waals surface area contributed by atoms with Crippen LogP contribution in [0.15, 0.2) is 23.2 Å². The van der Waals surface area contributed by atoms with E-state index in [0.29, 0.717) is 11.6 Å². The van der Waals surface area contributed by atoms with Crippen molar-refractivity contribution in [2.24, 2.45) is 0 Å². The molecule has 0 aromatic carbocycles. The number of aromatic nitrogens is 3. The number of piperidine rings is 1. The summed E-state index contributed by atoms with van der Waals surface area (Å²) < 4.78 is 7.09. The molecule has 1 saturated heterocycles. The largest absolute Gasteiger partial charge is 0.364 e. The molecule has 1 aliphatic heterocycles. The summed E-state index contributed by atoms with van der Waals surface area (Å²) in [6.45, 7) is 9.62. The number of likely N-dealkylation sites (tertiary alicyclic amines) is 1. The van der Waals surface area contributed by atoms with Crippen molar-refractivity contribution in [2.75, 3.05) is 13.1 Å². The molecule has 2 aromatic rings. The van der Waals surface area contributed by atoms with Crippen LogP contribution in [0.4, 0.5) is 0 Å². The van der Waals surface area contributed by atoms with Crippen LogP contribution in [0, 0.1) is 6.92 Å². The number of carbonyl (C=O) groups is 1. The molecule has 1 amide bonds. The molecule has 0 radical (unpaired) electrons. The lowest BCUT2D eigenvalue weighted by Crippen LogP contribution is -2.39. The first-order valence-corrected chi connectivity index (χ1v) is 8.11. The van der Waals surface area contributed by atoms with E-state index in [1.807, 2.05) is 43.5 Å². The average molecular weight is 316 g/mol. The minimum absolute atomic E-state index is 0.0197. The van der Waals surface area contributed by atoms with E-state index < -0.39 is 0 Å². The Labute approximate surface area is 136 Å². The maximum absolute atomic E-state index is 12.8. The first-order valence-electron chi connectivity index (χ1n) is 8.11. The molecule has 6 nitrogen and oxygen atoms in total. The fraction of sp³-hybridized carbons (Fsp3) is 0.588. The summed E-state index contributed by atoms with van der Waals surface area (Å²) in [7, 11) is 0. The molecule has 3 rings (SSSR count). The number of amides is 1. The van der Waals surface area contributed by atoms with Gasteiger partial charge in [0, 0.05) is 24.7 Å². The van der Waals surface area contributed by atoms with Crippen molar-refractivity contribution >= 4 is 5.91 Å². The topological polar surface area (TPSA) is 64.2 Å². The number of rotatable bonds is 2. The van der Waals surface area contributed by atoms with Gasteiger partial charge in [-0.2, -0.15) is 5.10 Å². The Morgan fingerprint density at radius 2 is 2.00 bits per heavy atom. The van der Waals surface area contributed by atoms with Gasteiger partial charge in [-0.3, -0.25) is 9.48 Å². The molecular weight excluding hydrogens is 292 g/mol. The van der Waals surface area contributed by atoms with Crippen LogP contribution in [0.25, 0.3) is 0 Å². The smallest absolute Gasteiger partial charge is 0.259 e. The molecule has 0 N–H and O–H groups in total. The molecule has 1 aliphatic rings. The van der Waals surface area contributed by atoms with Gasteiger partial charge >= 0.3 is 0 Å². The lowest BCUT2D eigenvalue weighted by atomic mass is 9.89. The normalized spacial score (nSPS) is 16.8. The SMILES string of the molecule is Cc1cnn(C2CCN(C(=O)c3conc3C(C)(C)C)CC2)c1. The highest BCUT2D eigenvalue weighted by atomic mass is 16.5. The third-order valence-corrected chi connectivity index (χ3v) is 4.37. The molecule has 0 spiro atoms. The third kappa shape index (κ3) is 3.16. The van der Waals surface area contributed by atoms with Crippen LogP contribution in [-0.4, -0.2) is 38.8 Å². The van der Waals surface area contributed by atoms with E-state index in [-0.39, 0.29) is 11.3 Å². The molecular formula is C17H24N4O2. The van der Waals surface area contributed by atoms with E-state index in [1.165, 1.54) is 11.8 Å². The summed E-state index contributed by atoms with van der Waals surface area (Å²) in [5.41, 5.74) is 2.28. The fourth-order valence-corrected chi connectivity index (χ4v) is 3.07. The molecule has 0 atom stereocenters. The second-order valence-electron chi connectivity index (χ2n) is 7.35. The van der Waals surface area contributed by atoms with Crippen LogP contribution in [0.1, 0.15) is 61.3 Å². The zero-order valence-corrected chi connectivity index (χ0v) is 14.2. The number of hydrogen-bond donors (Lipinski definition) is 0. The predicted octanol–water partition coefficient (Wildman–Crippen LogP) is 2.95. The van der Waals surface area contributed by atoms with E-state index in [2.05, 4.69) is 16.5 Å². The third-order valence-electron chi connectivity index (χ3n) is 4.37. The van der Waals surface area contributed by atoms with Crippen molar-refractivity contribution in [1.29, 1.82) is 0 Å². The van der Waals surface area contributed by atoms with E-state index in [9.17, 15) is 4.79 Å². The van der Waals surface area contributed by atoms with Crippen molar-refractivity contribution in [2.45, 2.75) is 52.0 Å². The predicted molar refractivity (Wildman–Crippen MR) is 86.3 cm³/mol. The first-order chi connectivity index (χ1) is 10.9. The van der Waals surface area contributed by atoms with Gasteiger partial charge in [-0.15, -0.1) is 0 Å². The van der Waals surface area contributed by atoms with Gasteiger partial charge in [0.05, 0.1) is 12.2 Å². The Balaban J connectivity index is 1.68. The summed E-state index contributed by atoms with van der Waals surface area (Å²) in [6.07, 6.45) is 7.27. The van der Waals surface area contributed by atoms with Gasteiger partial charge in [0.1, 0.15) is 17.5 Å². The Morgan fingerprint density at radius 3 is 2.57 bits per heavy atom. The van der Waals surface area contributed by atoms with Crippen LogP contribution in [0.3, 0.4) is 0 Å². The second-order valence-corrected chi connectivity index (χ2v) is 7.35. The van der Waals surface area contributed by atoms with Gasteiger partial charge < -0.3 is 9.42 Å². The maximum Gasteiger partial charge on any atom is 0.259 e. The van der Waals surface area contributed by atoms with Crippen LogP contribution >= 0.6 is 0 Å². The van der Waals surface area contributed by atoms with E-state index >= 15 is 0 Å². The Hall–Kier alpha value is -2.11. The summed E-state index contributed by atoms with van der Waals surface area (Å²) in [5, 5.41) is 8.43. The Morgan fingerprint density at radius 1 is 1.30 bits per heavy atom. The zero-order valence-electron chi connectivity index (χ0n) is 14.2. The molecule has 124 valence electrons. The first kappa shape index (κ1) is 15.8. The summed E-state index contributed by atoms with van der Waals surface area (Å²) >= 11 is 0. The highest BCUT2D eigenvalue weighted by Gasteiger charge is 2.31. The van der Waals surface area contributed by atoms with Crippen molar-refractivity contribution < 1.29 is 9.32 Å². The summed E-state index contributed by atoms with van der Waals surface area (Å²) in [6, 6.07) is 0.373. The number of carbonyl (C=O) groups excluding carboxylic acids is 1. The van der Waals surface area contributed by atoms with E-state index in [1.54, 1.807) is 0 Å².